The molecule has 0 amide bonds. The van der Waals surface area contributed by atoms with Crippen LogP contribution in [0.4, 0.5) is 0 Å². The molecule has 0 nitrogen and oxygen atoms in total. The van der Waals surface area contributed by atoms with Crippen LogP contribution in [0.25, 0.3) is 108 Å². The second kappa shape index (κ2) is 12.8. The van der Waals surface area contributed by atoms with Gasteiger partial charge in [0, 0.05) is 0 Å². The van der Waals surface area contributed by atoms with Gasteiger partial charge in [-0.1, -0.05) is 90.1 Å². The van der Waals surface area contributed by atoms with Crippen LogP contribution in [-0.2, 0) is 10.8 Å². The van der Waals surface area contributed by atoms with Crippen molar-refractivity contribution >= 4 is 86.2 Å². The van der Waals surface area contributed by atoms with Gasteiger partial charge in [-0.15, -0.1) is 0 Å². The maximum atomic E-state index is 2.55. The second-order valence-corrected chi connectivity index (χ2v) is 21.3. The fraction of sp³-hybridized carbons (Fsp3) is 0.258. The Hall–Kier alpha value is -5.98. The van der Waals surface area contributed by atoms with E-state index in [-0.39, 0.29) is 10.8 Å². The predicted octanol–water partition coefficient (Wildman–Crippen LogP) is 18.2. The zero-order valence-corrected chi connectivity index (χ0v) is 39.2. The minimum absolute atomic E-state index is 0.0435. The number of fused-ring (bicyclic) bond motifs is 11. The van der Waals surface area contributed by atoms with Crippen molar-refractivity contribution in [1.82, 2.24) is 0 Å². The van der Waals surface area contributed by atoms with Gasteiger partial charge in [0.05, 0.1) is 0 Å². The fourth-order valence-corrected chi connectivity index (χ4v) is 11.5. The van der Waals surface area contributed by atoms with Crippen LogP contribution in [0.15, 0.2) is 97.1 Å². The summed E-state index contributed by atoms with van der Waals surface area (Å²) in [6, 6.07) is 39.4. The van der Waals surface area contributed by atoms with Crippen LogP contribution in [0.3, 0.4) is 0 Å². The molecule has 0 bridgehead atoms. The molecule has 0 aliphatic heterocycles. The Morgan fingerprint density at radius 1 is 0.258 bits per heavy atom. The standard InChI is InChI=1S/C62H58/c1-31-21-32(2)36(6)57(35(31)5)39-23-51-45-19-20-46-50(49(45)29-55-43-17-15-41(61(9,10)11)27-47(43)53(25-39)59(51)55)30-56-44-18-16-42(62(12,13)14)28-48(44)54-26-40(24-52(46)60(54)56)58-37(7)33(3)22-34(4)38(58)8/h15-30H,1-14H3. The van der Waals surface area contributed by atoms with E-state index in [1.54, 1.807) is 0 Å². The summed E-state index contributed by atoms with van der Waals surface area (Å²) in [6.07, 6.45) is 0. The van der Waals surface area contributed by atoms with Crippen molar-refractivity contribution < 1.29 is 0 Å². The van der Waals surface area contributed by atoms with Crippen molar-refractivity contribution in [3.8, 4) is 22.3 Å². The highest BCUT2D eigenvalue weighted by Gasteiger charge is 2.25. The molecule has 0 aliphatic rings. The molecule has 0 heterocycles. The van der Waals surface area contributed by atoms with Crippen molar-refractivity contribution in [1.29, 1.82) is 0 Å². The molecule has 0 N–H and O–H groups in total. The highest BCUT2D eigenvalue weighted by atomic mass is 14.3. The largest absolute Gasteiger partial charge is 0.0578 e. The van der Waals surface area contributed by atoms with Crippen LogP contribution >= 0.6 is 0 Å². The number of benzene rings is 9. The molecule has 62 heavy (non-hydrogen) atoms. The lowest BCUT2D eigenvalue weighted by Crippen LogP contribution is -2.10. The van der Waals surface area contributed by atoms with Crippen LogP contribution in [0.2, 0.25) is 0 Å². The first-order chi connectivity index (χ1) is 29.3. The normalized spacial score (nSPS) is 13.0. The lowest BCUT2D eigenvalue weighted by Gasteiger charge is -2.19. The van der Waals surface area contributed by atoms with E-state index in [0.717, 1.165) is 0 Å². The van der Waals surface area contributed by atoms with Gasteiger partial charge in [0.25, 0.3) is 0 Å². The molecule has 0 aliphatic carbocycles. The summed E-state index contributed by atoms with van der Waals surface area (Å²) < 4.78 is 0. The first-order valence-corrected chi connectivity index (χ1v) is 22.8. The smallest absolute Gasteiger partial charge is 0.00195 e. The average molecular weight is 803 g/mol. The Bertz CT molecular complexity index is 3460. The molecular weight excluding hydrogens is 745 g/mol. The third-order valence-corrected chi connectivity index (χ3v) is 15.5. The summed E-state index contributed by atoms with van der Waals surface area (Å²) in [5.41, 5.74) is 19.1. The van der Waals surface area contributed by atoms with Gasteiger partial charge < -0.3 is 0 Å². The van der Waals surface area contributed by atoms with Crippen LogP contribution in [0.5, 0.6) is 0 Å². The van der Waals surface area contributed by atoms with E-state index in [1.807, 2.05) is 0 Å². The number of hydrogen-bond acceptors (Lipinski definition) is 0. The molecule has 0 atom stereocenters. The monoisotopic (exact) mass is 802 g/mol. The molecule has 306 valence electrons. The summed E-state index contributed by atoms with van der Waals surface area (Å²) in [6.45, 7) is 32.3. The van der Waals surface area contributed by atoms with Crippen molar-refractivity contribution in [2.45, 2.75) is 108 Å². The molecular formula is C62H58. The molecule has 0 heteroatoms. The molecule has 11 aromatic rings. The van der Waals surface area contributed by atoms with Gasteiger partial charge in [-0.05, 0) is 279 Å². The Labute approximate surface area is 367 Å². The molecule has 0 saturated heterocycles. The topological polar surface area (TPSA) is 0 Å². The second-order valence-electron chi connectivity index (χ2n) is 21.3. The highest BCUT2D eigenvalue weighted by molar-refractivity contribution is 6.40. The maximum absolute atomic E-state index is 2.55. The van der Waals surface area contributed by atoms with Gasteiger partial charge in [0.2, 0.25) is 0 Å². The van der Waals surface area contributed by atoms with Crippen LogP contribution < -0.4 is 0 Å². The maximum Gasteiger partial charge on any atom is -0.00195 e. The van der Waals surface area contributed by atoms with Gasteiger partial charge >= 0.3 is 0 Å². The van der Waals surface area contributed by atoms with E-state index in [1.165, 1.54) is 164 Å². The lowest BCUT2D eigenvalue weighted by atomic mass is 9.85. The van der Waals surface area contributed by atoms with E-state index in [2.05, 4.69) is 194 Å². The Morgan fingerprint density at radius 2 is 0.516 bits per heavy atom. The van der Waals surface area contributed by atoms with Gasteiger partial charge in [0.1, 0.15) is 0 Å². The molecule has 0 unspecified atom stereocenters. The average Bonchev–Trinajstić information content (AvgIpc) is 3.71. The minimum atomic E-state index is 0.0435. The van der Waals surface area contributed by atoms with Gasteiger partial charge in [0.15, 0.2) is 0 Å². The molecule has 0 aromatic heterocycles. The summed E-state index contributed by atoms with van der Waals surface area (Å²) in [5, 5.41) is 21.6. The molecule has 0 radical (unpaired) electrons. The number of aryl methyl sites for hydroxylation is 4. The molecule has 0 saturated carbocycles. The Kier molecular flexibility index (Phi) is 8.03. The quantitative estimate of drug-likeness (QED) is 0.153. The van der Waals surface area contributed by atoms with E-state index in [0.29, 0.717) is 0 Å². The lowest BCUT2D eigenvalue weighted by molar-refractivity contribution is 0.591. The van der Waals surface area contributed by atoms with Crippen molar-refractivity contribution in [3.05, 3.63) is 153 Å². The Morgan fingerprint density at radius 3 is 0.823 bits per heavy atom. The molecule has 0 fully saturated rings. The predicted molar refractivity (Wildman–Crippen MR) is 275 cm³/mol. The van der Waals surface area contributed by atoms with E-state index < -0.39 is 0 Å². The number of rotatable bonds is 2. The summed E-state index contributed by atoms with van der Waals surface area (Å²) in [4.78, 5) is 0. The fourth-order valence-electron chi connectivity index (χ4n) is 11.5. The zero-order chi connectivity index (χ0) is 43.6. The first-order valence-electron chi connectivity index (χ1n) is 22.8. The van der Waals surface area contributed by atoms with Crippen LogP contribution in [-0.4, -0.2) is 0 Å². The van der Waals surface area contributed by atoms with E-state index >= 15 is 0 Å². The summed E-state index contributed by atoms with van der Waals surface area (Å²) >= 11 is 0. The first kappa shape index (κ1) is 38.9. The van der Waals surface area contributed by atoms with Crippen molar-refractivity contribution in [2.75, 3.05) is 0 Å². The highest BCUT2D eigenvalue weighted by Crippen LogP contribution is 2.51. The Balaban J connectivity index is 1.34. The third-order valence-electron chi connectivity index (χ3n) is 15.5. The SMILES string of the molecule is Cc1cc(C)c(C)c(-c2cc3c4ccc5c(cc6c7ccc(C(C)(C)C)cc7c7cc(-c8c(C)c(C)cc(C)c8C)cc5c76)c4cc4c5ccc(C(C)(C)C)cc5c(c2)c34)c1C. The van der Waals surface area contributed by atoms with Crippen molar-refractivity contribution in [3.63, 3.8) is 0 Å². The number of hydrogen-bond donors (Lipinski definition) is 0. The van der Waals surface area contributed by atoms with Crippen LogP contribution in [0.1, 0.15) is 97.2 Å². The molecule has 0 spiro atoms. The van der Waals surface area contributed by atoms with E-state index in [4.69, 9.17) is 0 Å². The minimum Gasteiger partial charge on any atom is -0.0578 e. The molecule has 11 aromatic carbocycles. The van der Waals surface area contributed by atoms with Gasteiger partial charge in [-0.2, -0.15) is 0 Å². The van der Waals surface area contributed by atoms with Crippen LogP contribution in [0, 0.1) is 55.4 Å². The summed E-state index contributed by atoms with van der Waals surface area (Å²) in [5.74, 6) is 0. The molecule has 11 rings (SSSR count). The van der Waals surface area contributed by atoms with Gasteiger partial charge in [-0.25, -0.2) is 0 Å². The third kappa shape index (κ3) is 5.32. The van der Waals surface area contributed by atoms with E-state index in [9.17, 15) is 0 Å². The van der Waals surface area contributed by atoms with Gasteiger partial charge in [-0.3, -0.25) is 0 Å². The van der Waals surface area contributed by atoms with Crippen molar-refractivity contribution in [2.24, 2.45) is 0 Å². The summed E-state index contributed by atoms with van der Waals surface area (Å²) in [7, 11) is 0. The zero-order valence-electron chi connectivity index (χ0n) is 39.2.